The predicted octanol–water partition coefficient (Wildman–Crippen LogP) is 5.02. The maximum Gasteiger partial charge on any atom is 0.260 e. The summed E-state index contributed by atoms with van der Waals surface area (Å²) in [5.41, 5.74) is 1.67. The lowest BCUT2D eigenvalue weighted by Crippen LogP contribution is -2.41. The SMILES string of the molecule is O=C(c1ccc(F)cc1)N1CCCCC(Sc2ncnc3sc4c(c23)CCCC4)C1=O. The molecule has 1 aromatic carbocycles. The molecule has 31 heavy (non-hydrogen) atoms. The first-order chi connectivity index (χ1) is 15.1. The van der Waals surface area contributed by atoms with Crippen molar-refractivity contribution >= 4 is 45.1 Å². The van der Waals surface area contributed by atoms with Gasteiger partial charge < -0.3 is 0 Å². The van der Waals surface area contributed by atoms with Crippen molar-refractivity contribution in [2.24, 2.45) is 0 Å². The third-order valence-electron chi connectivity index (χ3n) is 5.95. The third-order valence-corrected chi connectivity index (χ3v) is 8.40. The minimum Gasteiger partial charge on any atom is -0.278 e. The summed E-state index contributed by atoms with van der Waals surface area (Å²) in [7, 11) is 0. The molecule has 1 aliphatic heterocycles. The molecule has 2 amide bonds. The monoisotopic (exact) mass is 455 g/mol. The number of imide groups is 1. The van der Waals surface area contributed by atoms with E-state index < -0.39 is 5.82 Å². The van der Waals surface area contributed by atoms with Crippen LogP contribution in [0.25, 0.3) is 10.2 Å². The number of hydrogen-bond donors (Lipinski definition) is 0. The zero-order valence-electron chi connectivity index (χ0n) is 17.0. The molecule has 0 radical (unpaired) electrons. The largest absolute Gasteiger partial charge is 0.278 e. The zero-order chi connectivity index (χ0) is 21.4. The molecule has 0 N–H and O–H groups in total. The summed E-state index contributed by atoms with van der Waals surface area (Å²) < 4.78 is 13.3. The number of halogens is 1. The van der Waals surface area contributed by atoms with E-state index in [0.717, 1.165) is 40.9 Å². The second-order valence-electron chi connectivity index (χ2n) is 7.97. The van der Waals surface area contributed by atoms with Crippen molar-refractivity contribution in [1.82, 2.24) is 14.9 Å². The van der Waals surface area contributed by atoms with Gasteiger partial charge in [0.05, 0.1) is 5.25 Å². The number of rotatable bonds is 3. The summed E-state index contributed by atoms with van der Waals surface area (Å²) in [5, 5.41) is 1.57. The fraction of sp³-hybridized carbons (Fsp3) is 0.391. The predicted molar refractivity (Wildman–Crippen MR) is 120 cm³/mol. The summed E-state index contributed by atoms with van der Waals surface area (Å²) in [6, 6.07) is 5.37. The Labute approximate surface area is 188 Å². The van der Waals surface area contributed by atoms with Gasteiger partial charge in [-0.1, -0.05) is 18.2 Å². The van der Waals surface area contributed by atoms with E-state index in [1.54, 1.807) is 17.7 Å². The summed E-state index contributed by atoms with van der Waals surface area (Å²) in [5.74, 6) is -0.954. The Morgan fingerprint density at radius 1 is 1.10 bits per heavy atom. The number of carbonyl (C=O) groups excluding carboxylic acids is 2. The number of thiophene rings is 1. The van der Waals surface area contributed by atoms with Crippen LogP contribution in [-0.4, -0.2) is 38.5 Å². The molecule has 160 valence electrons. The minimum atomic E-state index is -0.404. The van der Waals surface area contributed by atoms with Gasteiger partial charge in [0.2, 0.25) is 5.91 Å². The maximum absolute atomic E-state index is 13.4. The topological polar surface area (TPSA) is 63.2 Å². The Hall–Kier alpha value is -2.32. The van der Waals surface area contributed by atoms with Gasteiger partial charge in [-0.2, -0.15) is 0 Å². The van der Waals surface area contributed by atoms with E-state index >= 15 is 0 Å². The molecular weight excluding hydrogens is 433 g/mol. The van der Waals surface area contributed by atoms with Gasteiger partial charge in [-0.25, -0.2) is 14.4 Å². The van der Waals surface area contributed by atoms with Crippen molar-refractivity contribution in [3.63, 3.8) is 0 Å². The van der Waals surface area contributed by atoms with Crippen LogP contribution in [0.3, 0.4) is 0 Å². The Kier molecular flexibility index (Phi) is 5.75. The van der Waals surface area contributed by atoms with Crippen LogP contribution in [0.15, 0.2) is 35.6 Å². The van der Waals surface area contributed by atoms with Crippen molar-refractivity contribution in [3.8, 4) is 0 Å². The first-order valence-corrected chi connectivity index (χ1v) is 12.3. The summed E-state index contributed by atoms with van der Waals surface area (Å²) >= 11 is 3.20. The molecule has 3 aromatic rings. The van der Waals surface area contributed by atoms with Crippen molar-refractivity contribution in [1.29, 1.82) is 0 Å². The number of thioether (sulfide) groups is 1. The van der Waals surface area contributed by atoms with Crippen LogP contribution in [-0.2, 0) is 17.6 Å². The first-order valence-electron chi connectivity index (χ1n) is 10.6. The van der Waals surface area contributed by atoms with E-state index in [2.05, 4.69) is 9.97 Å². The third kappa shape index (κ3) is 3.99. The lowest BCUT2D eigenvalue weighted by atomic mass is 9.97. The van der Waals surface area contributed by atoms with E-state index in [1.165, 1.54) is 64.2 Å². The number of amides is 2. The van der Waals surface area contributed by atoms with Crippen LogP contribution in [0.4, 0.5) is 4.39 Å². The Bertz CT molecular complexity index is 1150. The average Bonchev–Trinajstić information content (AvgIpc) is 3.08. The highest BCUT2D eigenvalue weighted by Crippen LogP contribution is 2.41. The number of nitrogens with zero attached hydrogens (tertiary/aromatic N) is 3. The van der Waals surface area contributed by atoms with Gasteiger partial charge in [0.1, 0.15) is 22.0 Å². The molecule has 1 atom stereocenters. The van der Waals surface area contributed by atoms with Crippen LogP contribution in [0, 0.1) is 5.82 Å². The number of likely N-dealkylation sites (tertiary alicyclic amines) is 1. The maximum atomic E-state index is 13.4. The van der Waals surface area contributed by atoms with Crippen LogP contribution in [0.2, 0.25) is 0 Å². The molecule has 5 nitrogen and oxygen atoms in total. The molecule has 1 fully saturated rings. The van der Waals surface area contributed by atoms with Gasteiger partial charge in [-0.15, -0.1) is 11.3 Å². The fourth-order valence-electron chi connectivity index (χ4n) is 4.35. The fourth-order valence-corrected chi connectivity index (χ4v) is 6.87. The van der Waals surface area contributed by atoms with Gasteiger partial charge >= 0.3 is 0 Å². The van der Waals surface area contributed by atoms with Crippen LogP contribution >= 0.6 is 23.1 Å². The molecule has 0 spiro atoms. The molecule has 3 heterocycles. The number of benzene rings is 1. The molecule has 1 saturated heterocycles. The van der Waals surface area contributed by atoms with Crippen molar-refractivity contribution in [2.45, 2.75) is 55.2 Å². The molecule has 2 aliphatic rings. The summed E-state index contributed by atoms with van der Waals surface area (Å²) in [6.07, 6.45) is 8.41. The Balaban J connectivity index is 1.44. The minimum absolute atomic E-state index is 0.187. The molecule has 2 aromatic heterocycles. The van der Waals surface area contributed by atoms with Gasteiger partial charge in [0.25, 0.3) is 5.91 Å². The quantitative estimate of drug-likeness (QED) is 0.410. The second kappa shape index (κ2) is 8.67. The Morgan fingerprint density at radius 3 is 2.74 bits per heavy atom. The highest BCUT2D eigenvalue weighted by molar-refractivity contribution is 8.00. The highest BCUT2D eigenvalue weighted by atomic mass is 32.2. The molecule has 0 saturated carbocycles. The van der Waals surface area contributed by atoms with Gasteiger partial charge in [-0.05, 0) is 68.4 Å². The summed E-state index contributed by atoms with van der Waals surface area (Å²) in [4.78, 5) is 39.1. The van der Waals surface area contributed by atoms with Gasteiger partial charge in [0.15, 0.2) is 0 Å². The second-order valence-corrected chi connectivity index (χ2v) is 10.2. The van der Waals surface area contributed by atoms with E-state index in [9.17, 15) is 14.0 Å². The van der Waals surface area contributed by atoms with Crippen LogP contribution < -0.4 is 0 Å². The summed E-state index contributed by atoms with van der Waals surface area (Å²) in [6.45, 7) is 0.388. The zero-order valence-corrected chi connectivity index (χ0v) is 18.6. The molecule has 1 aliphatic carbocycles. The average molecular weight is 456 g/mol. The van der Waals surface area contributed by atoms with E-state index in [4.69, 9.17) is 0 Å². The van der Waals surface area contributed by atoms with Gasteiger partial charge in [0, 0.05) is 22.4 Å². The van der Waals surface area contributed by atoms with Crippen molar-refractivity contribution in [3.05, 3.63) is 52.4 Å². The van der Waals surface area contributed by atoms with E-state index in [-0.39, 0.29) is 17.1 Å². The lowest BCUT2D eigenvalue weighted by molar-refractivity contribution is -0.127. The number of hydrogen-bond acceptors (Lipinski definition) is 6. The number of aryl methyl sites for hydroxylation is 2. The normalized spacial score (nSPS) is 19.3. The molecule has 5 rings (SSSR count). The van der Waals surface area contributed by atoms with Crippen LogP contribution in [0.1, 0.15) is 52.9 Å². The number of carbonyl (C=O) groups is 2. The molecule has 0 bridgehead atoms. The van der Waals surface area contributed by atoms with E-state index in [0.29, 0.717) is 18.5 Å². The standard InChI is InChI=1S/C23H22FN3O2S2/c24-15-10-8-14(9-11-15)22(28)27-12-4-3-7-18(23(27)29)31-21-19-16-5-1-2-6-17(16)30-20(19)25-13-26-21/h8-11,13,18H,1-7,12H2. The molecule has 1 unspecified atom stereocenters. The number of aromatic nitrogens is 2. The van der Waals surface area contributed by atoms with Gasteiger partial charge in [-0.3, -0.25) is 14.5 Å². The first kappa shape index (κ1) is 20.6. The van der Waals surface area contributed by atoms with Crippen LogP contribution in [0.5, 0.6) is 0 Å². The lowest BCUT2D eigenvalue weighted by Gasteiger charge is -2.22. The molecule has 8 heteroatoms. The van der Waals surface area contributed by atoms with E-state index in [1.807, 2.05) is 0 Å². The molecular formula is C23H22FN3O2S2. The Morgan fingerprint density at radius 2 is 1.90 bits per heavy atom. The highest BCUT2D eigenvalue weighted by Gasteiger charge is 2.33. The van der Waals surface area contributed by atoms with Crippen molar-refractivity contribution in [2.75, 3.05) is 6.54 Å². The smallest absolute Gasteiger partial charge is 0.260 e. The number of fused-ring (bicyclic) bond motifs is 3. The van der Waals surface area contributed by atoms with Crippen molar-refractivity contribution < 1.29 is 14.0 Å².